The Morgan fingerprint density at radius 3 is 2.14 bits per heavy atom. The van der Waals surface area contributed by atoms with Gasteiger partial charge in [-0.1, -0.05) is 82.1 Å². The van der Waals surface area contributed by atoms with Crippen LogP contribution in [0.4, 0.5) is 4.79 Å². The summed E-state index contributed by atoms with van der Waals surface area (Å²) in [5, 5.41) is 14.8. The minimum atomic E-state index is -0.940. The Bertz CT molecular complexity index is 990. The first kappa shape index (κ1) is 26.3. The van der Waals surface area contributed by atoms with Crippen molar-refractivity contribution in [1.82, 2.24) is 10.6 Å². The van der Waals surface area contributed by atoms with Crippen LogP contribution in [-0.2, 0) is 14.3 Å². The molecule has 2 aromatic rings. The van der Waals surface area contributed by atoms with Crippen LogP contribution in [0.3, 0.4) is 0 Å². The fraction of sp³-hybridized carbons (Fsp3) is 0.464. The maximum Gasteiger partial charge on any atom is 0.407 e. The lowest BCUT2D eigenvalue weighted by atomic mass is 9.94. The van der Waals surface area contributed by atoms with E-state index in [2.05, 4.69) is 34.9 Å². The Hall–Kier alpha value is -3.35. The molecule has 0 bridgehead atoms. The number of nitrogens with one attached hydrogen (secondary N) is 2. The molecule has 2 aromatic carbocycles. The van der Waals surface area contributed by atoms with E-state index in [-0.39, 0.29) is 37.3 Å². The maximum absolute atomic E-state index is 12.9. The minimum absolute atomic E-state index is 0.0345. The summed E-state index contributed by atoms with van der Waals surface area (Å²) in [5.41, 5.74) is 4.59. The van der Waals surface area contributed by atoms with E-state index in [9.17, 15) is 14.4 Å². The van der Waals surface area contributed by atoms with Crippen LogP contribution in [-0.4, -0.2) is 42.3 Å². The van der Waals surface area contributed by atoms with E-state index in [1.54, 1.807) is 0 Å². The van der Waals surface area contributed by atoms with Crippen molar-refractivity contribution in [3.8, 4) is 11.1 Å². The molecule has 0 aliphatic heterocycles. The Balaban J connectivity index is 1.56. The molecule has 0 saturated heterocycles. The third kappa shape index (κ3) is 6.84. The van der Waals surface area contributed by atoms with E-state index in [0.29, 0.717) is 6.42 Å². The van der Waals surface area contributed by atoms with Crippen LogP contribution in [0.5, 0.6) is 0 Å². The zero-order chi connectivity index (χ0) is 25.4. The van der Waals surface area contributed by atoms with E-state index in [4.69, 9.17) is 9.84 Å². The van der Waals surface area contributed by atoms with Gasteiger partial charge in [-0.2, -0.15) is 0 Å². The van der Waals surface area contributed by atoms with Crippen molar-refractivity contribution < 1.29 is 24.2 Å². The molecule has 1 aliphatic rings. The van der Waals surface area contributed by atoms with Gasteiger partial charge in [0.05, 0.1) is 12.3 Å². The average Bonchev–Trinajstić information content (AvgIpc) is 3.14. The monoisotopic (exact) mass is 480 g/mol. The van der Waals surface area contributed by atoms with Gasteiger partial charge in [0, 0.05) is 18.5 Å². The second-order valence-corrected chi connectivity index (χ2v) is 9.50. The molecule has 7 heteroatoms. The van der Waals surface area contributed by atoms with Gasteiger partial charge >= 0.3 is 12.1 Å². The summed E-state index contributed by atoms with van der Waals surface area (Å²) in [5.74, 6) is -1.76. The number of benzene rings is 2. The molecule has 3 rings (SSSR count). The van der Waals surface area contributed by atoms with E-state index in [0.717, 1.165) is 35.1 Å². The number of fused-ring (bicyclic) bond motifs is 3. The highest BCUT2D eigenvalue weighted by atomic mass is 16.5. The van der Waals surface area contributed by atoms with Gasteiger partial charge in [-0.25, -0.2) is 4.79 Å². The fourth-order valence-electron chi connectivity index (χ4n) is 4.67. The van der Waals surface area contributed by atoms with Crippen molar-refractivity contribution in [2.75, 3.05) is 13.2 Å². The number of rotatable bonds is 12. The van der Waals surface area contributed by atoms with Gasteiger partial charge in [-0.05, 0) is 34.6 Å². The predicted molar refractivity (Wildman–Crippen MR) is 135 cm³/mol. The van der Waals surface area contributed by atoms with Gasteiger partial charge in [0.1, 0.15) is 6.61 Å². The number of carbonyl (C=O) groups is 3. The number of carboxylic acid groups (broad SMARTS) is 1. The zero-order valence-corrected chi connectivity index (χ0v) is 20.8. The van der Waals surface area contributed by atoms with Crippen LogP contribution >= 0.6 is 0 Å². The van der Waals surface area contributed by atoms with Crippen LogP contribution in [0, 0.1) is 11.8 Å². The Kier molecular flexibility index (Phi) is 9.29. The molecule has 2 atom stereocenters. The highest BCUT2D eigenvalue weighted by molar-refractivity contribution is 5.81. The van der Waals surface area contributed by atoms with Crippen LogP contribution in [0.25, 0.3) is 11.1 Å². The van der Waals surface area contributed by atoms with Crippen molar-refractivity contribution in [1.29, 1.82) is 0 Å². The summed E-state index contributed by atoms with van der Waals surface area (Å²) in [7, 11) is 0. The van der Waals surface area contributed by atoms with Gasteiger partial charge in [0.2, 0.25) is 5.91 Å². The van der Waals surface area contributed by atoms with Gasteiger partial charge in [-0.3, -0.25) is 9.59 Å². The number of ether oxygens (including phenoxy) is 1. The molecule has 0 aromatic heterocycles. The third-order valence-corrected chi connectivity index (χ3v) is 6.63. The first-order valence-electron chi connectivity index (χ1n) is 12.4. The van der Waals surface area contributed by atoms with Crippen molar-refractivity contribution in [2.24, 2.45) is 11.8 Å². The maximum atomic E-state index is 12.9. The van der Waals surface area contributed by atoms with Crippen molar-refractivity contribution in [2.45, 2.75) is 58.4 Å². The van der Waals surface area contributed by atoms with Gasteiger partial charge in [0.25, 0.3) is 0 Å². The molecular weight excluding hydrogens is 444 g/mol. The number of amides is 2. The number of hydrogen-bond acceptors (Lipinski definition) is 4. The molecule has 188 valence electrons. The Morgan fingerprint density at radius 2 is 1.60 bits per heavy atom. The van der Waals surface area contributed by atoms with Crippen molar-refractivity contribution in [3.05, 3.63) is 59.7 Å². The summed E-state index contributed by atoms with van der Waals surface area (Å²) in [6.45, 7) is 6.16. The SMILES string of the molecule is CCCC[C@@H](CC(=O)O)NC(=O)C(CNC(=O)OCC1c2ccccc2-c2ccccc21)C(C)C. The average molecular weight is 481 g/mol. The van der Waals surface area contributed by atoms with Crippen LogP contribution in [0.1, 0.15) is 63.5 Å². The molecule has 1 unspecified atom stereocenters. The van der Waals surface area contributed by atoms with Crippen LogP contribution < -0.4 is 10.6 Å². The normalized spacial score (nSPS) is 14.1. The van der Waals surface area contributed by atoms with E-state index in [1.807, 2.05) is 45.0 Å². The largest absolute Gasteiger partial charge is 0.481 e. The highest BCUT2D eigenvalue weighted by Gasteiger charge is 2.30. The molecule has 7 nitrogen and oxygen atoms in total. The lowest BCUT2D eigenvalue weighted by molar-refractivity contribution is -0.138. The van der Waals surface area contributed by atoms with Crippen LogP contribution in [0.2, 0.25) is 0 Å². The van der Waals surface area contributed by atoms with Gasteiger partial charge in [-0.15, -0.1) is 0 Å². The molecule has 3 N–H and O–H groups in total. The topological polar surface area (TPSA) is 105 Å². The summed E-state index contributed by atoms with van der Waals surface area (Å²) >= 11 is 0. The lowest BCUT2D eigenvalue weighted by Crippen LogP contribution is -2.45. The lowest BCUT2D eigenvalue weighted by Gasteiger charge is -2.24. The predicted octanol–water partition coefficient (Wildman–Crippen LogP) is 4.95. The number of aliphatic carboxylic acids is 1. The number of alkyl carbamates (subject to hydrolysis) is 1. The summed E-state index contributed by atoms with van der Waals surface area (Å²) < 4.78 is 5.58. The van der Waals surface area contributed by atoms with E-state index in [1.165, 1.54) is 0 Å². The quantitative estimate of drug-likeness (QED) is 0.399. The minimum Gasteiger partial charge on any atom is -0.481 e. The second-order valence-electron chi connectivity index (χ2n) is 9.50. The number of hydrogen-bond donors (Lipinski definition) is 3. The highest BCUT2D eigenvalue weighted by Crippen LogP contribution is 2.44. The third-order valence-electron chi connectivity index (χ3n) is 6.63. The standard InChI is InChI=1S/C28H36N2O5/c1-4-5-10-19(15-26(31)32)30-27(33)24(18(2)3)16-29-28(34)35-17-25-22-13-8-6-11-20(22)21-12-7-9-14-23(21)25/h6-9,11-14,18-19,24-25H,4-5,10,15-17H2,1-3H3,(H,29,34)(H,30,33)(H,31,32)/t19-,24?/m0/s1. The fourth-order valence-corrected chi connectivity index (χ4v) is 4.67. The number of carboxylic acids is 1. The molecule has 35 heavy (non-hydrogen) atoms. The summed E-state index contributed by atoms with van der Waals surface area (Å²) in [4.78, 5) is 36.6. The smallest absolute Gasteiger partial charge is 0.407 e. The first-order valence-corrected chi connectivity index (χ1v) is 12.4. The molecule has 0 heterocycles. The molecule has 0 spiro atoms. The number of carbonyl (C=O) groups excluding carboxylic acids is 2. The molecule has 1 aliphatic carbocycles. The Morgan fingerprint density at radius 1 is 1.00 bits per heavy atom. The van der Waals surface area contributed by atoms with Crippen molar-refractivity contribution >= 4 is 18.0 Å². The van der Waals surface area contributed by atoms with Crippen LogP contribution in [0.15, 0.2) is 48.5 Å². The first-order chi connectivity index (χ1) is 16.8. The van der Waals surface area contributed by atoms with Gasteiger partial charge < -0.3 is 20.5 Å². The second kappa shape index (κ2) is 12.4. The van der Waals surface area contributed by atoms with E-state index >= 15 is 0 Å². The zero-order valence-electron chi connectivity index (χ0n) is 20.8. The molecule has 0 radical (unpaired) electrons. The van der Waals surface area contributed by atoms with E-state index < -0.39 is 24.0 Å². The number of unbranched alkanes of at least 4 members (excludes halogenated alkanes) is 1. The molecule has 0 fully saturated rings. The van der Waals surface area contributed by atoms with Gasteiger partial charge in [0.15, 0.2) is 0 Å². The molecule has 2 amide bonds. The van der Waals surface area contributed by atoms with Crippen molar-refractivity contribution in [3.63, 3.8) is 0 Å². The molecular formula is C28H36N2O5. The summed E-state index contributed by atoms with van der Waals surface area (Å²) in [6, 6.07) is 15.9. The summed E-state index contributed by atoms with van der Waals surface area (Å²) in [6.07, 6.45) is 1.68. The molecule has 0 saturated carbocycles. The Labute approximate surface area is 207 Å².